The minimum absolute atomic E-state index is 0.147. The number of aromatic hydroxyl groups is 1. The van der Waals surface area contributed by atoms with Gasteiger partial charge in [0, 0.05) is 11.8 Å². The summed E-state index contributed by atoms with van der Waals surface area (Å²) in [6.45, 7) is 2.59. The fourth-order valence-corrected chi connectivity index (χ4v) is 3.03. The number of nitrogens with zero attached hydrogens (tertiary/aromatic N) is 1. The number of hydrogen-bond donors (Lipinski definition) is 2. The summed E-state index contributed by atoms with van der Waals surface area (Å²) in [5.41, 5.74) is 7.76. The third-order valence-corrected chi connectivity index (χ3v) is 3.97. The number of nitrogens with two attached hydrogens (primary N) is 1. The van der Waals surface area contributed by atoms with Crippen LogP contribution < -0.4 is 10.5 Å². The summed E-state index contributed by atoms with van der Waals surface area (Å²) in [6.07, 6.45) is 0. The zero-order chi connectivity index (χ0) is 14.1. The van der Waals surface area contributed by atoms with Crippen molar-refractivity contribution < 1.29 is 9.84 Å². The molecule has 3 N–H and O–H groups in total. The van der Waals surface area contributed by atoms with Crippen LogP contribution in [0.3, 0.4) is 0 Å². The number of phenolic OH excluding ortho intramolecular Hbond substituents is 1. The summed E-state index contributed by atoms with van der Waals surface area (Å²) >= 11 is 1.52. The van der Waals surface area contributed by atoms with Gasteiger partial charge in [0.1, 0.15) is 16.5 Å². The van der Waals surface area contributed by atoms with Crippen molar-refractivity contribution >= 4 is 27.2 Å². The number of hydrogen-bond acceptors (Lipinski definition) is 5. The van der Waals surface area contributed by atoms with Gasteiger partial charge in [-0.05, 0) is 37.3 Å². The Kier molecular flexibility index (Phi) is 3.20. The molecule has 4 nitrogen and oxygen atoms in total. The molecule has 0 saturated heterocycles. The van der Waals surface area contributed by atoms with Gasteiger partial charge in [0.25, 0.3) is 0 Å². The molecule has 20 heavy (non-hydrogen) atoms. The first-order chi connectivity index (χ1) is 9.67. The molecular formula is C15H14N2O2S. The number of ether oxygens (including phenoxy) is 1. The first-order valence-corrected chi connectivity index (χ1v) is 7.11. The number of anilines is 1. The van der Waals surface area contributed by atoms with Crippen molar-refractivity contribution in [1.29, 1.82) is 0 Å². The summed E-state index contributed by atoms with van der Waals surface area (Å²) < 4.78 is 6.51. The molecule has 0 fully saturated rings. The van der Waals surface area contributed by atoms with Crippen LogP contribution in [0.25, 0.3) is 20.8 Å². The van der Waals surface area contributed by atoms with Crippen molar-refractivity contribution in [3.63, 3.8) is 0 Å². The molecule has 0 amide bonds. The van der Waals surface area contributed by atoms with E-state index in [1.807, 2.05) is 25.1 Å². The molecule has 3 rings (SSSR count). The van der Waals surface area contributed by atoms with E-state index < -0.39 is 0 Å². The maximum Gasteiger partial charge on any atom is 0.128 e. The second kappa shape index (κ2) is 5.02. The van der Waals surface area contributed by atoms with E-state index in [4.69, 9.17) is 10.5 Å². The molecule has 1 heterocycles. The lowest BCUT2D eigenvalue weighted by atomic mass is 10.2. The Morgan fingerprint density at radius 3 is 2.85 bits per heavy atom. The van der Waals surface area contributed by atoms with Crippen LogP contribution in [-0.4, -0.2) is 16.7 Å². The van der Waals surface area contributed by atoms with E-state index in [0.717, 1.165) is 21.0 Å². The highest BCUT2D eigenvalue weighted by molar-refractivity contribution is 7.21. The number of rotatable bonds is 3. The summed E-state index contributed by atoms with van der Waals surface area (Å²) in [5.74, 6) is 0.978. The predicted octanol–water partition coefficient (Wildman–Crippen LogP) is 3.65. The molecule has 0 bridgehead atoms. The Balaban J connectivity index is 2.08. The van der Waals surface area contributed by atoms with Crippen molar-refractivity contribution in [2.24, 2.45) is 0 Å². The van der Waals surface area contributed by atoms with E-state index in [1.165, 1.54) is 17.4 Å². The lowest BCUT2D eigenvalue weighted by molar-refractivity contribution is 0.341. The molecule has 3 aromatic rings. The number of thiazole rings is 1. The number of nitrogen functional groups attached to an aromatic ring is 1. The Labute approximate surface area is 120 Å². The van der Waals surface area contributed by atoms with Crippen LogP contribution in [0.5, 0.6) is 11.5 Å². The van der Waals surface area contributed by atoms with Crippen molar-refractivity contribution in [2.75, 3.05) is 12.3 Å². The molecule has 1 aromatic heterocycles. The lowest BCUT2D eigenvalue weighted by Crippen LogP contribution is -1.89. The molecule has 102 valence electrons. The normalized spacial score (nSPS) is 10.8. The molecule has 0 spiro atoms. The van der Waals surface area contributed by atoms with Crippen molar-refractivity contribution in [1.82, 2.24) is 4.98 Å². The van der Waals surface area contributed by atoms with Gasteiger partial charge < -0.3 is 15.6 Å². The van der Waals surface area contributed by atoms with Crippen LogP contribution >= 0.6 is 11.3 Å². The molecule has 0 aliphatic rings. The predicted molar refractivity (Wildman–Crippen MR) is 82.3 cm³/mol. The maximum atomic E-state index is 9.97. The van der Waals surface area contributed by atoms with Crippen LogP contribution in [0.1, 0.15) is 6.92 Å². The SMILES string of the molecule is CCOc1ccc2nc(-c3ccc(N)cc3O)sc2c1. The second-order valence-corrected chi connectivity index (χ2v) is 5.39. The summed E-state index contributed by atoms with van der Waals surface area (Å²) in [4.78, 5) is 4.54. The smallest absolute Gasteiger partial charge is 0.128 e. The van der Waals surface area contributed by atoms with Crippen LogP contribution in [0, 0.1) is 0 Å². The molecule has 5 heteroatoms. The third-order valence-electron chi connectivity index (χ3n) is 2.92. The fourth-order valence-electron chi connectivity index (χ4n) is 2.01. The fraction of sp³-hybridized carbons (Fsp3) is 0.133. The number of phenols is 1. The topological polar surface area (TPSA) is 68.4 Å². The van der Waals surface area contributed by atoms with Gasteiger partial charge in [-0.2, -0.15) is 0 Å². The first-order valence-electron chi connectivity index (χ1n) is 6.29. The van der Waals surface area contributed by atoms with Crippen LogP contribution in [0.2, 0.25) is 0 Å². The summed E-state index contributed by atoms with van der Waals surface area (Å²) in [7, 11) is 0. The van der Waals surface area contributed by atoms with Crippen LogP contribution in [0.15, 0.2) is 36.4 Å². The maximum absolute atomic E-state index is 9.97. The van der Waals surface area contributed by atoms with E-state index in [1.54, 1.807) is 12.1 Å². The molecular weight excluding hydrogens is 272 g/mol. The van der Waals surface area contributed by atoms with Crippen molar-refractivity contribution in [3.8, 4) is 22.1 Å². The number of aromatic nitrogens is 1. The van der Waals surface area contributed by atoms with Gasteiger partial charge >= 0.3 is 0 Å². The average Bonchev–Trinajstić information content (AvgIpc) is 2.81. The first kappa shape index (κ1) is 12.7. The molecule has 0 unspecified atom stereocenters. The van der Waals surface area contributed by atoms with Gasteiger partial charge in [0.15, 0.2) is 0 Å². The zero-order valence-corrected chi connectivity index (χ0v) is 11.8. The second-order valence-electron chi connectivity index (χ2n) is 4.36. The summed E-state index contributed by atoms with van der Waals surface area (Å²) in [5, 5.41) is 10.7. The molecule has 0 radical (unpaired) electrons. The molecule has 0 aliphatic carbocycles. The monoisotopic (exact) mass is 286 g/mol. The largest absolute Gasteiger partial charge is 0.507 e. The summed E-state index contributed by atoms with van der Waals surface area (Å²) in [6, 6.07) is 10.9. The quantitative estimate of drug-likeness (QED) is 0.721. The highest BCUT2D eigenvalue weighted by atomic mass is 32.1. The highest BCUT2D eigenvalue weighted by Crippen LogP contribution is 2.37. The molecule has 2 aromatic carbocycles. The molecule has 0 saturated carbocycles. The lowest BCUT2D eigenvalue weighted by Gasteiger charge is -2.01. The van der Waals surface area contributed by atoms with E-state index >= 15 is 0 Å². The minimum Gasteiger partial charge on any atom is -0.507 e. The van der Waals surface area contributed by atoms with Crippen LogP contribution in [0.4, 0.5) is 5.69 Å². The van der Waals surface area contributed by atoms with Gasteiger partial charge in [-0.25, -0.2) is 4.98 Å². The van der Waals surface area contributed by atoms with Crippen LogP contribution in [-0.2, 0) is 0 Å². The van der Waals surface area contributed by atoms with Gasteiger partial charge in [0.2, 0.25) is 0 Å². The number of benzene rings is 2. The average molecular weight is 286 g/mol. The standard InChI is InChI=1S/C15H14N2O2S/c1-2-19-10-4-6-12-14(8-10)20-15(17-12)11-5-3-9(16)7-13(11)18/h3-8,18H,2,16H2,1H3. The Bertz CT molecular complexity index is 768. The Hall–Kier alpha value is -2.27. The van der Waals surface area contributed by atoms with Gasteiger partial charge in [-0.15, -0.1) is 11.3 Å². The van der Waals surface area contributed by atoms with Crippen molar-refractivity contribution in [3.05, 3.63) is 36.4 Å². The van der Waals surface area contributed by atoms with Gasteiger partial charge in [-0.1, -0.05) is 0 Å². The molecule has 0 atom stereocenters. The third kappa shape index (κ3) is 2.28. The zero-order valence-electron chi connectivity index (χ0n) is 11.0. The van der Waals surface area contributed by atoms with Gasteiger partial charge in [-0.3, -0.25) is 0 Å². The minimum atomic E-state index is 0.147. The molecule has 0 aliphatic heterocycles. The Morgan fingerprint density at radius 1 is 1.25 bits per heavy atom. The van der Waals surface area contributed by atoms with E-state index in [9.17, 15) is 5.11 Å². The van der Waals surface area contributed by atoms with Gasteiger partial charge in [0.05, 0.1) is 22.4 Å². The Morgan fingerprint density at radius 2 is 2.10 bits per heavy atom. The van der Waals surface area contributed by atoms with E-state index in [-0.39, 0.29) is 5.75 Å². The number of fused-ring (bicyclic) bond motifs is 1. The highest BCUT2D eigenvalue weighted by Gasteiger charge is 2.11. The van der Waals surface area contributed by atoms with E-state index in [0.29, 0.717) is 17.9 Å². The van der Waals surface area contributed by atoms with E-state index in [2.05, 4.69) is 4.98 Å². The van der Waals surface area contributed by atoms with Crippen molar-refractivity contribution in [2.45, 2.75) is 6.92 Å².